The largest absolute Gasteiger partial charge is 0.316 e. The molecule has 0 saturated carbocycles. The fourth-order valence-electron chi connectivity index (χ4n) is 3.04. The molecule has 1 heterocycles. The second-order valence-electron chi connectivity index (χ2n) is 5.24. The highest BCUT2D eigenvalue weighted by atomic mass is 14.9. The van der Waals surface area contributed by atoms with Gasteiger partial charge in [-0.2, -0.15) is 0 Å². The Bertz CT molecular complexity index is 326. The van der Waals surface area contributed by atoms with E-state index in [4.69, 9.17) is 0 Å². The maximum absolute atomic E-state index is 3.54. The molecule has 2 unspecified atom stereocenters. The number of hydrogen-bond acceptors (Lipinski definition) is 1. The molecule has 1 nitrogen and oxygen atoms in total. The number of benzene rings is 1. The normalized spacial score (nSPS) is 24.8. The Morgan fingerprint density at radius 1 is 1.18 bits per heavy atom. The van der Waals surface area contributed by atoms with Gasteiger partial charge >= 0.3 is 0 Å². The molecule has 1 aromatic carbocycles. The van der Waals surface area contributed by atoms with Crippen LogP contribution < -0.4 is 5.32 Å². The van der Waals surface area contributed by atoms with Crippen molar-refractivity contribution in [2.24, 2.45) is 5.92 Å². The number of aryl methyl sites for hydroxylation is 1. The molecule has 1 heteroatoms. The summed E-state index contributed by atoms with van der Waals surface area (Å²) >= 11 is 0. The lowest BCUT2D eigenvalue weighted by Crippen LogP contribution is -2.35. The maximum atomic E-state index is 3.54. The molecule has 0 bridgehead atoms. The Morgan fingerprint density at radius 2 is 1.94 bits per heavy atom. The van der Waals surface area contributed by atoms with Crippen molar-refractivity contribution in [3.8, 4) is 0 Å². The average molecular weight is 231 g/mol. The van der Waals surface area contributed by atoms with Crippen LogP contribution in [0.1, 0.15) is 50.2 Å². The summed E-state index contributed by atoms with van der Waals surface area (Å²) in [5, 5.41) is 3.54. The fraction of sp³-hybridized carbons (Fsp3) is 0.625. The first kappa shape index (κ1) is 12.6. The molecule has 2 rings (SSSR count). The number of nitrogens with one attached hydrogen (secondary N) is 1. The van der Waals surface area contributed by atoms with Crippen molar-refractivity contribution in [3.63, 3.8) is 0 Å². The van der Waals surface area contributed by atoms with Crippen molar-refractivity contribution in [1.29, 1.82) is 0 Å². The topological polar surface area (TPSA) is 12.0 Å². The van der Waals surface area contributed by atoms with Gasteiger partial charge in [-0.05, 0) is 55.3 Å². The van der Waals surface area contributed by atoms with Gasteiger partial charge in [-0.15, -0.1) is 0 Å². The maximum Gasteiger partial charge on any atom is -0.00147 e. The Kier molecular flexibility index (Phi) is 4.61. The Hall–Kier alpha value is -0.820. The van der Waals surface area contributed by atoms with Crippen LogP contribution in [-0.4, -0.2) is 13.1 Å². The molecule has 1 aliphatic heterocycles. The van der Waals surface area contributed by atoms with Crippen LogP contribution in [0, 0.1) is 5.92 Å². The summed E-state index contributed by atoms with van der Waals surface area (Å²) in [5.41, 5.74) is 3.01. The van der Waals surface area contributed by atoms with Gasteiger partial charge in [0.2, 0.25) is 0 Å². The Morgan fingerprint density at radius 3 is 2.59 bits per heavy atom. The van der Waals surface area contributed by atoms with Crippen molar-refractivity contribution >= 4 is 0 Å². The van der Waals surface area contributed by atoms with E-state index in [2.05, 4.69) is 43.4 Å². The predicted molar refractivity (Wildman–Crippen MR) is 74.4 cm³/mol. The van der Waals surface area contributed by atoms with Crippen LogP contribution in [0.15, 0.2) is 24.3 Å². The van der Waals surface area contributed by atoms with Crippen LogP contribution >= 0.6 is 0 Å². The van der Waals surface area contributed by atoms with Gasteiger partial charge in [0.25, 0.3) is 0 Å². The molecule has 0 spiro atoms. The molecule has 0 aliphatic carbocycles. The highest BCUT2D eigenvalue weighted by Gasteiger charge is 2.25. The third-order valence-corrected chi connectivity index (χ3v) is 4.08. The van der Waals surface area contributed by atoms with Crippen LogP contribution in [0.2, 0.25) is 0 Å². The van der Waals surface area contributed by atoms with Gasteiger partial charge in [0.1, 0.15) is 0 Å². The summed E-state index contributed by atoms with van der Waals surface area (Å²) < 4.78 is 0. The Balaban J connectivity index is 2.11. The molecule has 1 aromatic rings. The van der Waals surface area contributed by atoms with Crippen LogP contribution in [0.25, 0.3) is 0 Å². The van der Waals surface area contributed by atoms with Crippen molar-refractivity contribution < 1.29 is 0 Å². The SMILES string of the molecule is CCCC1CNCCC1c1ccc(CC)cc1. The van der Waals surface area contributed by atoms with Gasteiger partial charge in [-0.25, -0.2) is 0 Å². The van der Waals surface area contributed by atoms with Crippen LogP contribution in [-0.2, 0) is 6.42 Å². The molecule has 1 aliphatic rings. The third kappa shape index (κ3) is 3.10. The van der Waals surface area contributed by atoms with Crippen LogP contribution in [0.3, 0.4) is 0 Å². The van der Waals surface area contributed by atoms with E-state index in [9.17, 15) is 0 Å². The summed E-state index contributed by atoms with van der Waals surface area (Å²) in [7, 11) is 0. The highest BCUT2D eigenvalue weighted by Crippen LogP contribution is 2.33. The second-order valence-corrected chi connectivity index (χ2v) is 5.24. The zero-order valence-corrected chi connectivity index (χ0v) is 11.2. The zero-order chi connectivity index (χ0) is 12.1. The third-order valence-electron chi connectivity index (χ3n) is 4.08. The first-order valence-electron chi connectivity index (χ1n) is 7.14. The minimum absolute atomic E-state index is 0.780. The molecular weight excluding hydrogens is 206 g/mol. The van der Waals surface area contributed by atoms with E-state index < -0.39 is 0 Å². The van der Waals surface area contributed by atoms with E-state index in [0.717, 1.165) is 18.3 Å². The van der Waals surface area contributed by atoms with Gasteiger partial charge in [-0.3, -0.25) is 0 Å². The molecule has 1 fully saturated rings. The summed E-state index contributed by atoms with van der Waals surface area (Å²) in [6, 6.07) is 9.33. The lowest BCUT2D eigenvalue weighted by molar-refractivity contribution is 0.307. The van der Waals surface area contributed by atoms with Crippen LogP contribution in [0.4, 0.5) is 0 Å². The molecule has 2 atom stereocenters. The molecule has 0 amide bonds. The first-order valence-corrected chi connectivity index (χ1v) is 7.14. The standard InChI is InChI=1S/C16H25N/c1-3-5-15-12-17-11-10-16(15)14-8-6-13(4-2)7-9-14/h6-9,15-17H,3-5,10-12H2,1-2H3. The summed E-state index contributed by atoms with van der Waals surface area (Å²) in [6.45, 7) is 6.90. The monoisotopic (exact) mass is 231 g/mol. The summed E-state index contributed by atoms with van der Waals surface area (Å²) in [6.07, 6.45) is 5.10. The van der Waals surface area contributed by atoms with Gasteiger partial charge in [-0.1, -0.05) is 44.5 Å². The molecule has 0 radical (unpaired) electrons. The van der Waals surface area contributed by atoms with E-state index >= 15 is 0 Å². The van der Waals surface area contributed by atoms with E-state index in [1.54, 1.807) is 5.56 Å². The minimum atomic E-state index is 0.780. The number of hydrogen-bond donors (Lipinski definition) is 1. The second kappa shape index (κ2) is 6.20. The van der Waals surface area contributed by atoms with Crippen LogP contribution in [0.5, 0.6) is 0 Å². The van der Waals surface area contributed by atoms with E-state index in [1.807, 2.05) is 0 Å². The first-order chi connectivity index (χ1) is 8.35. The fourth-order valence-corrected chi connectivity index (χ4v) is 3.04. The minimum Gasteiger partial charge on any atom is -0.316 e. The van der Waals surface area contributed by atoms with Gasteiger partial charge in [0.05, 0.1) is 0 Å². The van der Waals surface area contributed by atoms with E-state index in [1.165, 1.54) is 37.9 Å². The molecule has 1 saturated heterocycles. The molecule has 94 valence electrons. The average Bonchev–Trinajstić information content (AvgIpc) is 2.40. The van der Waals surface area contributed by atoms with E-state index in [-0.39, 0.29) is 0 Å². The number of rotatable bonds is 4. The molecule has 1 N–H and O–H groups in total. The molecular formula is C16H25N. The number of piperidine rings is 1. The van der Waals surface area contributed by atoms with Gasteiger partial charge in [0, 0.05) is 0 Å². The lowest BCUT2D eigenvalue weighted by Gasteiger charge is -2.32. The summed E-state index contributed by atoms with van der Waals surface area (Å²) in [5.74, 6) is 1.61. The van der Waals surface area contributed by atoms with Crippen molar-refractivity contribution in [2.75, 3.05) is 13.1 Å². The van der Waals surface area contributed by atoms with E-state index in [0.29, 0.717) is 0 Å². The molecule has 0 aromatic heterocycles. The van der Waals surface area contributed by atoms with Crippen molar-refractivity contribution in [2.45, 2.75) is 45.4 Å². The Labute approximate surface area is 106 Å². The van der Waals surface area contributed by atoms with Gasteiger partial charge < -0.3 is 5.32 Å². The lowest BCUT2D eigenvalue weighted by atomic mass is 9.79. The zero-order valence-electron chi connectivity index (χ0n) is 11.2. The quantitative estimate of drug-likeness (QED) is 0.832. The smallest absolute Gasteiger partial charge is 0.00147 e. The predicted octanol–water partition coefficient (Wildman–Crippen LogP) is 3.74. The highest BCUT2D eigenvalue weighted by molar-refractivity contribution is 5.26. The molecule has 17 heavy (non-hydrogen) atoms. The van der Waals surface area contributed by atoms with Gasteiger partial charge in [0.15, 0.2) is 0 Å². The van der Waals surface area contributed by atoms with Crippen molar-refractivity contribution in [3.05, 3.63) is 35.4 Å². The van der Waals surface area contributed by atoms with Crippen molar-refractivity contribution in [1.82, 2.24) is 5.32 Å². The summed E-state index contributed by atoms with van der Waals surface area (Å²) in [4.78, 5) is 0.